The van der Waals surface area contributed by atoms with Gasteiger partial charge in [-0.25, -0.2) is 16.8 Å². The van der Waals surface area contributed by atoms with Gasteiger partial charge in [-0.3, -0.25) is 0 Å². The first-order valence-electron chi connectivity index (χ1n) is 14.8. The summed E-state index contributed by atoms with van der Waals surface area (Å²) < 4.78 is 76.1. The second-order valence-corrected chi connectivity index (χ2v) is 13.5. The topological polar surface area (TPSA) is 320 Å². The summed E-state index contributed by atoms with van der Waals surface area (Å²) in [7, 11) is -10.9. The molecule has 6 rings (SSSR count). The number of aromatic hydroxyl groups is 2. The van der Waals surface area contributed by atoms with Crippen molar-refractivity contribution in [1.82, 2.24) is 19.6 Å². The molecule has 0 saturated carbocycles. The third kappa shape index (κ3) is 11.2. The minimum absolute atomic E-state index is 0. The van der Waals surface area contributed by atoms with Crippen LogP contribution in [0, 0.1) is 0 Å². The predicted octanol–water partition coefficient (Wildman–Crippen LogP) is -9.48. The van der Waals surface area contributed by atoms with Crippen LogP contribution < -0.4 is 128 Å². The van der Waals surface area contributed by atoms with Crippen molar-refractivity contribution in [2.75, 3.05) is 0 Å². The Bertz CT molecular complexity index is 2580. The minimum Gasteiger partial charge on any atom is -0.744 e. The van der Waals surface area contributed by atoms with E-state index in [0.29, 0.717) is 12.1 Å². The molecule has 58 heavy (non-hydrogen) atoms. The Morgan fingerprint density at radius 1 is 0.534 bits per heavy atom. The number of benzene rings is 4. The molecule has 0 spiro atoms. The van der Waals surface area contributed by atoms with Gasteiger partial charge in [0.15, 0.2) is 11.4 Å². The number of aromatic nitrogens is 4. The average Bonchev–Trinajstić information content (AvgIpc) is 3.65. The van der Waals surface area contributed by atoms with Crippen molar-refractivity contribution in [2.24, 2.45) is 20.5 Å². The van der Waals surface area contributed by atoms with E-state index in [1.165, 1.54) is 24.3 Å². The molecular weight excluding hydrogens is 844 g/mol. The molecule has 0 radical (unpaired) electrons. The molecule has 6 aromatic rings. The van der Waals surface area contributed by atoms with Crippen LogP contribution in [0.4, 0.5) is 22.7 Å². The van der Waals surface area contributed by atoms with Crippen molar-refractivity contribution >= 4 is 54.9 Å². The summed E-state index contributed by atoms with van der Waals surface area (Å²) in [5, 5.41) is 67.1. The van der Waals surface area contributed by atoms with Gasteiger partial charge >= 0.3 is 118 Å². The fourth-order valence-electron chi connectivity index (χ4n) is 4.98. The molecule has 2 aromatic heterocycles. The Balaban J connectivity index is 0.00000290. The van der Waals surface area contributed by atoms with Crippen LogP contribution in [0.1, 0.15) is 21.0 Å². The number of hydrogen-bond acceptors (Lipinski definition) is 18. The zero-order valence-corrected chi connectivity index (χ0v) is 40.2. The predicted molar refractivity (Wildman–Crippen MR) is 175 cm³/mol. The number of azo groups is 2. The smallest absolute Gasteiger partial charge is 0.744 e. The summed E-state index contributed by atoms with van der Waals surface area (Å²) in [6, 6.07) is 20.8. The number of rotatable bonds is 11. The van der Waals surface area contributed by atoms with Gasteiger partial charge in [-0.15, -0.1) is 10.2 Å². The Kier molecular flexibility index (Phi) is 18.4. The average molecular weight is 863 g/mol. The summed E-state index contributed by atoms with van der Waals surface area (Å²) >= 11 is 0. The van der Waals surface area contributed by atoms with Gasteiger partial charge in [0.25, 0.3) is 0 Å². The van der Waals surface area contributed by atoms with E-state index in [1.54, 1.807) is 36.4 Å². The monoisotopic (exact) mass is 862 g/mol. The molecular formula is C32H18N8Na4O12S2. The van der Waals surface area contributed by atoms with Crippen molar-refractivity contribution in [1.29, 1.82) is 0 Å². The minimum atomic E-state index is -5.46. The van der Waals surface area contributed by atoms with E-state index in [-0.39, 0.29) is 130 Å². The molecule has 2 N–H and O–H groups in total. The molecule has 0 saturated heterocycles. The van der Waals surface area contributed by atoms with E-state index in [1.807, 2.05) is 0 Å². The van der Waals surface area contributed by atoms with Crippen molar-refractivity contribution in [3.8, 4) is 34.3 Å². The fraction of sp³-hybridized carbons (Fsp3) is 0. The van der Waals surface area contributed by atoms with Crippen LogP contribution in [-0.4, -0.2) is 67.7 Å². The molecule has 20 nitrogen and oxygen atoms in total. The molecule has 26 heteroatoms. The number of para-hydroxylation sites is 2. The quantitative estimate of drug-likeness (QED) is 0.0695. The van der Waals surface area contributed by atoms with Crippen LogP contribution >= 0.6 is 0 Å². The molecule has 0 atom stereocenters. The SMILES string of the molecule is O=C([O-])c1nn(-c2ccccc2)c(O)c1N=Nc1ccc(-c2ccc(N=Nc3c(C(=O)[O-])nn(-c4ccccc4)c3O)cc2S(=O)(=O)[O-])c(S(=O)(=O)[O-])c1.[Na+].[Na+].[Na+].[Na+]. The number of hydrogen-bond donors (Lipinski definition) is 2. The molecule has 2 heterocycles. The molecule has 0 fully saturated rings. The maximum atomic E-state index is 12.4. The van der Waals surface area contributed by atoms with Gasteiger partial charge in [0.1, 0.15) is 31.6 Å². The second-order valence-electron chi connectivity index (χ2n) is 10.8. The molecule has 0 unspecified atom stereocenters. The van der Waals surface area contributed by atoms with E-state index in [9.17, 15) is 56.0 Å². The first-order chi connectivity index (χ1) is 25.5. The Morgan fingerprint density at radius 2 is 0.862 bits per heavy atom. The number of nitrogens with zero attached hydrogens (tertiary/aromatic N) is 8. The normalized spacial score (nSPS) is 11.3. The summed E-state index contributed by atoms with van der Waals surface area (Å²) in [5.74, 6) is -5.26. The van der Waals surface area contributed by atoms with Crippen LogP contribution in [0.15, 0.2) is 127 Å². The van der Waals surface area contributed by atoms with Gasteiger partial charge in [-0.05, 0) is 48.5 Å². The van der Waals surface area contributed by atoms with Crippen LogP contribution in [0.3, 0.4) is 0 Å². The maximum absolute atomic E-state index is 12.4. The van der Waals surface area contributed by atoms with E-state index < -0.39 is 99.0 Å². The van der Waals surface area contributed by atoms with E-state index in [4.69, 9.17) is 0 Å². The maximum Gasteiger partial charge on any atom is 1.00 e. The molecule has 274 valence electrons. The summed E-state index contributed by atoms with van der Waals surface area (Å²) in [4.78, 5) is 21.3. The second kappa shape index (κ2) is 20.9. The van der Waals surface area contributed by atoms with Crippen molar-refractivity contribution in [3.05, 3.63) is 108 Å². The van der Waals surface area contributed by atoms with Crippen molar-refractivity contribution in [3.63, 3.8) is 0 Å². The Hall–Kier alpha value is -3.14. The van der Waals surface area contributed by atoms with Gasteiger partial charge in [-0.1, -0.05) is 48.5 Å². The summed E-state index contributed by atoms with van der Waals surface area (Å²) in [6.07, 6.45) is 0. The number of aromatic carboxylic acids is 2. The first kappa shape index (κ1) is 51.0. The Morgan fingerprint density at radius 3 is 1.16 bits per heavy atom. The Labute approximate surface area is 416 Å². The van der Waals surface area contributed by atoms with E-state index in [2.05, 4.69) is 30.7 Å². The molecule has 0 bridgehead atoms. The summed E-state index contributed by atoms with van der Waals surface area (Å²) in [6.45, 7) is 0. The zero-order valence-electron chi connectivity index (χ0n) is 30.6. The van der Waals surface area contributed by atoms with Crippen LogP contribution in [0.2, 0.25) is 0 Å². The fourth-order valence-corrected chi connectivity index (χ4v) is 6.40. The number of carbonyl (C=O) groups excluding carboxylic acids is 2. The van der Waals surface area contributed by atoms with Gasteiger partial charge in [-0.2, -0.15) is 29.8 Å². The van der Waals surface area contributed by atoms with Gasteiger partial charge in [0.05, 0.1) is 44.5 Å². The largest absolute Gasteiger partial charge is 1.00 e. The number of carboxylic acids is 2. The number of carbonyl (C=O) groups is 2. The van der Waals surface area contributed by atoms with E-state index in [0.717, 1.165) is 33.6 Å². The van der Waals surface area contributed by atoms with Crippen LogP contribution in [0.25, 0.3) is 22.5 Å². The molecule has 0 amide bonds. The third-order valence-corrected chi connectivity index (χ3v) is 9.10. The molecule has 0 aliphatic carbocycles. The molecule has 4 aromatic carbocycles. The van der Waals surface area contributed by atoms with Crippen LogP contribution in [-0.2, 0) is 20.2 Å². The van der Waals surface area contributed by atoms with Gasteiger partial charge in [0, 0.05) is 11.1 Å². The van der Waals surface area contributed by atoms with Crippen molar-refractivity contribution < 1.29 is 174 Å². The molecule has 0 aliphatic heterocycles. The van der Waals surface area contributed by atoms with Gasteiger partial charge in [0.2, 0.25) is 11.8 Å². The van der Waals surface area contributed by atoms with Crippen molar-refractivity contribution in [2.45, 2.75) is 9.79 Å². The summed E-state index contributed by atoms with van der Waals surface area (Å²) in [5.41, 5.74) is -4.56. The molecule has 0 aliphatic rings. The number of carboxylic acid groups (broad SMARTS) is 2. The van der Waals surface area contributed by atoms with E-state index >= 15 is 0 Å². The third-order valence-electron chi connectivity index (χ3n) is 7.35. The first-order valence-corrected chi connectivity index (χ1v) is 17.6. The van der Waals surface area contributed by atoms with Gasteiger partial charge < -0.3 is 39.1 Å². The van der Waals surface area contributed by atoms with Crippen LogP contribution in [0.5, 0.6) is 11.8 Å². The standard InChI is InChI=1S/C32H22N8O12S2.4Na/c41-29-25(27(31(43)44)37-39(29)19-7-3-1-4-8-19)35-33-17-11-13-21(23(15-17)53(47,48)49)22-14-12-18(16-24(22)54(50,51)52)34-36-26-28(32(45)46)38-40(30(26)42)20-9-5-2-6-10-20;;;;/h1-16,41-42H,(H,43,44)(H,45,46)(H,47,48,49)(H,50,51,52);;;;/q;4*+1/p-4. The zero-order chi connectivity index (χ0) is 38.9.